The number of aryl methyl sites for hydroxylation is 1. The molecule has 0 bridgehead atoms. The van der Waals surface area contributed by atoms with Crippen molar-refractivity contribution in [1.82, 2.24) is 25.1 Å². The molecule has 2 heterocycles. The molecular weight excluding hydrogens is 320 g/mol. The van der Waals surface area contributed by atoms with Crippen molar-refractivity contribution in [2.24, 2.45) is 5.92 Å². The molecule has 0 aliphatic carbocycles. The van der Waals surface area contributed by atoms with Crippen LogP contribution in [0.5, 0.6) is 5.75 Å². The number of anilines is 1. The number of tetrazole rings is 1. The predicted molar refractivity (Wildman–Crippen MR) is 93.9 cm³/mol. The summed E-state index contributed by atoms with van der Waals surface area (Å²) in [7, 11) is 1.60. The lowest BCUT2D eigenvalue weighted by molar-refractivity contribution is -0.130. The molecule has 0 radical (unpaired) electrons. The summed E-state index contributed by atoms with van der Waals surface area (Å²) in [5.41, 5.74) is 1.55. The van der Waals surface area contributed by atoms with Crippen molar-refractivity contribution < 1.29 is 9.53 Å². The van der Waals surface area contributed by atoms with Crippen molar-refractivity contribution >= 4 is 11.6 Å². The van der Waals surface area contributed by atoms with Gasteiger partial charge in [0.25, 0.3) is 0 Å². The van der Waals surface area contributed by atoms with Crippen molar-refractivity contribution in [3.8, 4) is 11.4 Å². The molecule has 1 aromatic carbocycles. The third-order valence-corrected chi connectivity index (χ3v) is 4.49. The van der Waals surface area contributed by atoms with Crippen LogP contribution in [0.1, 0.15) is 25.6 Å². The lowest BCUT2D eigenvalue weighted by Crippen LogP contribution is -2.41. The molecule has 0 unspecified atom stereocenters. The van der Waals surface area contributed by atoms with Gasteiger partial charge in [0.1, 0.15) is 11.4 Å². The fourth-order valence-electron chi connectivity index (χ4n) is 3.13. The molecule has 1 fully saturated rings. The monoisotopic (exact) mass is 344 g/mol. The first kappa shape index (κ1) is 17.2. The van der Waals surface area contributed by atoms with Crippen molar-refractivity contribution in [2.75, 3.05) is 32.1 Å². The Morgan fingerprint density at radius 3 is 2.96 bits per heavy atom. The first-order chi connectivity index (χ1) is 12.1. The van der Waals surface area contributed by atoms with Gasteiger partial charge in [0.05, 0.1) is 13.7 Å². The largest absolute Gasteiger partial charge is 0.494 e. The summed E-state index contributed by atoms with van der Waals surface area (Å²) in [6.45, 7) is 5.98. The Kier molecular flexibility index (Phi) is 5.16. The van der Waals surface area contributed by atoms with Gasteiger partial charge in [0, 0.05) is 18.8 Å². The number of methoxy groups -OCH3 is 1. The molecule has 2 aromatic rings. The van der Waals surface area contributed by atoms with Gasteiger partial charge in [-0.15, -0.1) is 5.10 Å². The Bertz CT molecular complexity index is 744. The molecule has 1 aliphatic heterocycles. The summed E-state index contributed by atoms with van der Waals surface area (Å²) in [5, 5.41) is 14.8. The van der Waals surface area contributed by atoms with E-state index in [-0.39, 0.29) is 12.5 Å². The first-order valence-corrected chi connectivity index (χ1v) is 8.53. The van der Waals surface area contributed by atoms with Gasteiger partial charge in [-0.25, -0.2) is 0 Å². The van der Waals surface area contributed by atoms with E-state index in [2.05, 4.69) is 27.8 Å². The van der Waals surface area contributed by atoms with Crippen LogP contribution < -0.4 is 10.1 Å². The summed E-state index contributed by atoms with van der Waals surface area (Å²) in [5.74, 6) is 2.03. The minimum Gasteiger partial charge on any atom is -0.494 e. The number of hydrogen-bond donors (Lipinski definition) is 1. The summed E-state index contributed by atoms with van der Waals surface area (Å²) in [6, 6.07) is 5.61. The second kappa shape index (κ2) is 7.50. The minimum absolute atomic E-state index is 0.127. The number of piperidine rings is 1. The standard InChI is InChI=1S/C17H24N6O2/c1-12-5-4-8-22(11-12)17(24)10-18-14-6-7-16(25-3)15(9-14)23-13(2)19-20-21-23/h6-7,9,12,18H,4-5,8,10-11H2,1-3H3/t12-/m1/s1. The second-order valence-electron chi connectivity index (χ2n) is 6.47. The summed E-state index contributed by atoms with van der Waals surface area (Å²) in [4.78, 5) is 14.4. The Labute approximate surface area is 147 Å². The van der Waals surface area contributed by atoms with E-state index in [1.807, 2.05) is 30.0 Å². The summed E-state index contributed by atoms with van der Waals surface area (Å²) >= 11 is 0. The smallest absolute Gasteiger partial charge is 0.241 e. The van der Waals surface area contributed by atoms with Crippen molar-refractivity contribution in [3.05, 3.63) is 24.0 Å². The van der Waals surface area contributed by atoms with Crippen LogP contribution in [0.25, 0.3) is 5.69 Å². The maximum Gasteiger partial charge on any atom is 0.241 e. The number of ether oxygens (including phenoxy) is 1. The SMILES string of the molecule is COc1ccc(NCC(=O)N2CCC[C@@H](C)C2)cc1-n1nnnc1C. The number of nitrogens with one attached hydrogen (secondary N) is 1. The number of hydrogen-bond acceptors (Lipinski definition) is 6. The van der Waals surface area contributed by atoms with Crippen LogP contribution in [0.15, 0.2) is 18.2 Å². The van der Waals surface area contributed by atoms with Crippen LogP contribution in [0, 0.1) is 12.8 Å². The number of nitrogens with zero attached hydrogens (tertiary/aromatic N) is 5. The Balaban J connectivity index is 1.71. The molecule has 1 N–H and O–H groups in total. The van der Waals surface area contributed by atoms with Crippen LogP contribution in [-0.4, -0.2) is 57.8 Å². The van der Waals surface area contributed by atoms with E-state index in [9.17, 15) is 4.79 Å². The van der Waals surface area contributed by atoms with Crippen molar-refractivity contribution in [3.63, 3.8) is 0 Å². The molecule has 25 heavy (non-hydrogen) atoms. The number of aromatic nitrogens is 4. The minimum atomic E-state index is 0.127. The molecule has 0 spiro atoms. The lowest BCUT2D eigenvalue weighted by atomic mass is 10.0. The van der Waals surface area contributed by atoms with Crippen molar-refractivity contribution in [2.45, 2.75) is 26.7 Å². The zero-order valence-electron chi connectivity index (χ0n) is 14.9. The van der Waals surface area contributed by atoms with Gasteiger partial charge in [0.15, 0.2) is 5.82 Å². The van der Waals surface area contributed by atoms with Gasteiger partial charge in [-0.05, 0) is 54.3 Å². The van der Waals surface area contributed by atoms with Crippen LogP contribution in [-0.2, 0) is 4.79 Å². The molecule has 3 rings (SSSR count). The van der Waals surface area contributed by atoms with Crippen LogP contribution in [0.2, 0.25) is 0 Å². The number of carbonyl (C=O) groups is 1. The number of rotatable bonds is 5. The third kappa shape index (κ3) is 3.89. The molecule has 1 atom stereocenters. The van der Waals surface area contributed by atoms with Crippen molar-refractivity contribution in [1.29, 1.82) is 0 Å². The van der Waals surface area contributed by atoms with E-state index in [4.69, 9.17) is 4.74 Å². The van der Waals surface area contributed by atoms with Gasteiger partial charge in [-0.3, -0.25) is 4.79 Å². The van der Waals surface area contributed by atoms with Gasteiger partial charge in [0.2, 0.25) is 5.91 Å². The van der Waals surface area contributed by atoms with Crippen LogP contribution in [0.3, 0.4) is 0 Å². The number of benzene rings is 1. The number of amides is 1. The molecule has 0 saturated carbocycles. The molecule has 134 valence electrons. The van der Waals surface area contributed by atoms with E-state index in [0.717, 1.165) is 30.9 Å². The van der Waals surface area contributed by atoms with Gasteiger partial charge >= 0.3 is 0 Å². The van der Waals surface area contributed by atoms with Crippen LogP contribution in [0.4, 0.5) is 5.69 Å². The molecule has 1 saturated heterocycles. The topological polar surface area (TPSA) is 85.2 Å². The van der Waals surface area contributed by atoms with E-state index in [0.29, 0.717) is 17.5 Å². The molecule has 1 aliphatic rings. The van der Waals surface area contributed by atoms with E-state index >= 15 is 0 Å². The highest BCUT2D eigenvalue weighted by Crippen LogP contribution is 2.26. The van der Waals surface area contributed by atoms with Gasteiger partial charge in [-0.2, -0.15) is 4.68 Å². The zero-order chi connectivity index (χ0) is 17.8. The zero-order valence-corrected chi connectivity index (χ0v) is 14.9. The lowest BCUT2D eigenvalue weighted by Gasteiger charge is -2.31. The highest BCUT2D eigenvalue weighted by atomic mass is 16.5. The van der Waals surface area contributed by atoms with Crippen LogP contribution >= 0.6 is 0 Å². The summed E-state index contributed by atoms with van der Waals surface area (Å²) in [6.07, 6.45) is 2.28. The highest BCUT2D eigenvalue weighted by Gasteiger charge is 2.20. The van der Waals surface area contributed by atoms with E-state index < -0.39 is 0 Å². The third-order valence-electron chi connectivity index (χ3n) is 4.49. The second-order valence-corrected chi connectivity index (χ2v) is 6.47. The molecular formula is C17H24N6O2. The van der Waals surface area contributed by atoms with Gasteiger partial charge < -0.3 is 15.0 Å². The maximum atomic E-state index is 12.4. The summed E-state index contributed by atoms with van der Waals surface area (Å²) < 4.78 is 7.00. The first-order valence-electron chi connectivity index (χ1n) is 8.53. The van der Waals surface area contributed by atoms with Gasteiger partial charge in [-0.1, -0.05) is 6.92 Å². The Hall–Kier alpha value is -2.64. The molecule has 1 aromatic heterocycles. The fourth-order valence-corrected chi connectivity index (χ4v) is 3.13. The number of likely N-dealkylation sites (tertiary alicyclic amines) is 1. The Morgan fingerprint density at radius 2 is 2.28 bits per heavy atom. The average Bonchev–Trinajstić information content (AvgIpc) is 3.05. The predicted octanol–water partition coefficient (Wildman–Crippen LogP) is 1.65. The molecule has 1 amide bonds. The van der Waals surface area contributed by atoms with E-state index in [1.54, 1.807) is 11.8 Å². The quantitative estimate of drug-likeness (QED) is 0.888. The molecule has 8 nitrogen and oxygen atoms in total. The fraction of sp³-hybridized carbons (Fsp3) is 0.529. The normalized spacial score (nSPS) is 17.4. The number of carbonyl (C=O) groups excluding carboxylic acids is 1. The van der Waals surface area contributed by atoms with E-state index in [1.165, 1.54) is 6.42 Å². The molecule has 8 heteroatoms. The highest BCUT2D eigenvalue weighted by molar-refractivity contribution is 5.81. The Morgan fingerprint density at radius 1 is 1.44 bits per heavy atom. The maximum absolute atomic E-state index is 12.4. The average molecular weight is 344 g/mol.